The zero-order valence-corrected chi connectivity index (χ0v) is 16.4. The van der Waals surface area contributed by atoms with Crippen molar-refractivity contribution in [3.63, 3.8) is 0 Å². The summed E-state index contributed by atoms with van der Waals surface area (Å²) in [6.07, 6.45) is -3.00. The molecule has 3 aromatic rings. The summed E-state index contributed by atoms with van der Waals surface area (Å²) in [5, 5.41) is 0. The molecule has 1 aliphatic heterocycles. The number of H-pyrrole nitrogens is 1. The first kappa shape index (κ1) is 20.3. The molecule has 156 valence electrons. The average molecular weight is 413 g/mol. The second kappa shape index (κ2) is 8.44. The highest BCUT2D eigenvalue weighted by Crippen LogP contribution is 2.29. The highest BCUT2D eigenvalue weighted by atomic mass is 19.4. The minimum absolute atomic E-state index is 0.153. The van der Waals surface area contributed by atoms with E-state index in [9.17, 15) is 18.0 Å². The summed E-state index contributed by atoms with van der Waals surface area (Å²) < 4.78 is 38.9. The summed E-state index contributed by atoms with van der Waals surface area (Å²) in [6, 6.07) is 15.3. The molecular weight excluding hydrogens is 391 g/mol. The maximum absolute atomic E-state index is 13.0. The van der Waals surface area contributed by atoms with E-state index in [1.165, 1.54) is 11.6 Å². The zero-order chi connectivity index (χ0) is 21.1. The maximum Gasteiger partial charge on any atom is 0.416 e. The number of alkyl halides is 3. The summed E-state index contributed by atoms with van der Waals surface area (Å²) in [7, 11) is 0. The molecule has 1 aliphatic rings. The average Bonchev–Trinajstić information content (AvgIpc) is 2.91. The molecule has 1 N–H and O–H groups in total. The molecule has 1 aromatic heterocycles. The lowest BCUT2D eigenvalue weighted by atomic mass is 10.1. The van der Waals surface area contributed by atoms with Gasteiger partial charge in [0.1, 0.15) is 5.82 Å². The number of hydrogen-bond donors (Lipinski definition) is 1. The number of aromatic amines is 1. The van der Waals surface area contributed by atoms with Gasteiger partial charge in [-0.2, -0.15) is 13.2 Å². The molecule has 0 radical (unpaired) electrons. The van der Waals surface area contributed by atoms with Crippen LogP contribution in [0.1, 0.15) is 33.8 Å². The summed E-state index contributed by atoms with van der Waals surface area (Å²) in [5.74, 6) is 0.398. The first-order valence-corrected chi connectivity index (χ1v) is 9.92. The quantitative estimate of drug-likeness (QED) is 0.704. The van der Waals surface area contributed by atoms with E-state index in [1.54, 1.807) is 6.07 Å². The third-order valence-electron chi connectivity index (χ3n) is 5.37. The van der Waals surface area contributed by atoms with Crippen LogP contribution in [-0.4, -0.2) is 28.0 Å². The predicted molar refractivity (Wildman–Crippen MR) is 108 cm³/mol. The summed E-state index contributed by atoms with van der Waals surface area (Å²) in [4.78, 5) is 22.3. The van der Waals surface area contributed by atoms with Crippen LogP contribution in [0.5, 0.6) is 0 Å². The normalized spacial score (nSPS) is 14.9. The van der Waals surface area contributed by atoms with E-state index in [0.717, 1.165) is 37.5 Å². The number of nitrogens with zero attached hydrogens (tertiary/aromatic N) is 2. The SMILES string of the molecule is O=c1[nH]c(Cc2cccc(C(F)(F)F)c2)nc2c1CCN(Cc1ccccc1)CC2. The van der Waals surface area contributed by atoms with E-state index in [4.69, 9.17) is 0 Å². The molecule has 0 spiro atoms. The van der Waals surface area contributed by atoms with Gasteiger partial charge in [-0.25, -0.2) is 4.98 Å². The lowest BCUT2D eigenvalue weighted by molar-refractivity contribution is -0.137. The Bertz CT molecular complexity index is 1080. The van der Waals surface area contributed by atoms with Crippen LogP contribution < -0.4 is 5.56 Å². The molecule has 0 fully saturated rings. The molecule has 2 heterocycles. The number of fused-ring (bicyclic) bond motifs is 1. The van der Waals surface area contributed by atoms with Crippen LogP contribution >= 0.6 is 0 Å². The molecule has 0 unspecified atom stereocenters. The van der Waals surface area contributed by atoms with Gasteiger partial charge in [0, 0.05) is 38.0 Å². The minimum Gasteiger partial charge on any atom is -0.310 e. The molecular formula is C23H22F3N3O. The Morgan fingerprint density at radius 1 is 0.967 bits per heavy atom. The number of nitrogens with one attached hydrogen (secondary N) is 1. The number of halogens is 3. The van der Waals surface area contributed by atoms with Gasteiger partial charge in [-0.15, -0.1) is 0 Å². The van der Waals surface area contributed by atoms with Crippen molar-refractivity contribution in [3.8, 4) is 0 Å². The van der Waals surface area contributed by atoms with Crippen LogP contribution in [0.4, 0.5) is 13.2 Å². The molecule has 0 bridgehead atoms. The summed E-state index contributed by atoms with van der Waals surface area (Å²) >= 11 is 0. The standard InChI is InChI=1S/C23H22F3N3O/c24-23(25,26)18-8-4-7-17(13-18)14-21-27-20-10-12-29(11-9-19(20)22(30)28-21)15-16-5-2-1-3-6-16/h1-8,13H,9-12,14-15H2,(H,27,28,30). The fourth-order valence-corrected chi connectivity index (χ4v) is 3.84. The van der Waals surface area contributed by atoms with Crippen LogP contribution in [0, 0.1) is 0 Å². The maximum atomic E-state index is 13.0. The van der Waals surface area contributed by atoms with E-state index in [-0.39, 0.29) is 12.0 Å². The van der Waals surface area contributed by atoms with Crippen molar-refractivity contribution in [2.75, 3.05) is 13.1 Å². The molecule has 0 amide bonds. The van der Waals surface area contributed by atoms with Crippen molar-refractivity contribution in [2.24, 2.45) is 0 Å². The Labute approximate surface area is 172 Å². The molecule has 0 atom stereocenters. The molecule has 0 aliphatic carbocycles. The van der Waals surface area contributed by atoms with Gasteiger partial charge in [0.15, 0.2) is 0 Å². The van der Waals surface area contributed by atoms with Crippen molar-refractivity contribution >= 4 is 0 Å². The predicted octanol–water partition coefficient (Wildman–Crippen LogP) is 3.98. The van der Waals surface area contributed by atoms with Crippen molar-refractivity contribution in [2.45, 2.75) is 32.0 Å². The van der Waals surface area contributed by atoms with Crippen molar-refractivity contribution < 1.29 is 13.2 Å². The monoisotopic (exact) mass is 413 g/mol. The van der Waals surface area contributed by atoms with Gasteiger partial charge in [0.05, 0.1) is 11.3 Å². The lowest BCUT2D eigenvalue weighted by Crippen LogP contribution is -2.26. The molecule has 4 rings (SSSR count). The number of hydrogen-bond acceptors (Lipinski definition) is 3. The second-order valence-corrected chi connectivity index (χ2v) is 7.57. The van der Waals surface area contributed by atoms with Gasteiger partial charge >= 0.3 is 6.18 Å². The Kier molecular flexibility index (Phi) is 5.72. The summed E-state index contributed by atoms with van der Waals surface area (Å²) in [6.45, 7) is 2.35. The third kappa shape index (κ3) is 4.79. The molecule has 4 nitrogen and oxygen atoms in total. The molecule has 2 aromatic carbocycles. The van der Waals surface area contributed by atoms with Gasteiger partial charge in [0.2, 0.25) is 0 Å². The number of benzene rings is 2. The second-order valence-electron chi connectivity index (χ2n) is 7.57. The fraction of sp³-hybridized carbons (Fsp3) is 0.304. The Morgan fingerprint density at radius 2 is 1.70 bits per heavy atom. The van der Waals surface area contributed by atoms with Gasteiger partial charge in [-0.3, -0.25) is 9.69 Å². The summed E-state index contributed by atoms with van der Waals surface area (Å²) in [5.41, 5.74) is 2.22. The van der Waals surface area contributed by atoms with E-state index >= 15 is 0 Å². The molecule has 30 heavy (non-hydrogen) atoms. The van der Waals surface area contributed by atoms with Gasteiger partial charge in [0.25, 0.3) is 5.56 Å². The zero-order valence-electron chi connectivity index (χ0n) is 16.4. The fourth-order valence-electron chi connectivity index (χ4n) is 3.84. The molecule has 7 heteroatoms. The van der Waals surface area contributed by atoms with Crippen LogP contribution in [0.15, 0.2) is 59.4 Å². The van der Waals surface area contributed by atoms with Crippen molar-refractivity contribution in [1.29, 1.82) is 0 Å². The highest BCUT2D eigenvalue weighted by molar-refractivity contribution is 5.29. The van der Waals surface area contributed by atoms with E-state index in [1.807, 2.05) is 18.2 Å². The topological polar surface area (TPSA) is 49.0 Å². The number of rotatable bonds is 4. The van der Waals surface area contributed by atoms with Crippen molar-refractivity contribution in [3.05, 3.63) is 98.7 Å². The highest BCUT2D eigenvalue weighted by Gasteiger charge is 2.30. The third-order valence-corrected chi connectivity index (χ3v) is 5.37. The van der Waals surface area contributed by atoms with Crippen LogP contribution in [0.3, 0.4) is 0 Å². The van der Waals surface area contributed by atoms with Crippen LogP contribution in [-0.2, 0) is 32.0 Å². The first-order valence-electron chi connectivity index (χ1n) is 9.92. The Hall–Kier alpha value is -2.93. The first-order chi connectivity index (χ1) is 14.4. The Balaban J connectivity index is 1.51. The lowest BCUT2D eigenvalue weighted by Gasteiger charge is -2.19. The molecule has 0 saturated carbocycles. The van der Waals surface area contributed by atoms with Gasteiger partial charge in [-0.1, -0.05) is 48.5 Å². The number of aromatic nitrogens is 2. The van der Waals surface area contributed by atoms with E-state index < -0.39 is 11.7 Å². The van der Waals surface area contributed by atoms with Crippen LogP contribution in [0.25, 0.3) is 0 Å². The van der Waals surface area contributed by atoms with Gasteiger partial charge < -0.3 is 4.98 Å². The molecule has 0 saturated heterocycles. The van der Waals surface area contributed by atoms with Crippen LogP contribution in [0.2, 0.25) is 0 Å². The minimum atomic E-state index is -4.40. The van der Waals surface area contributed by atoms with E-state index in [0.29, 0.717) is 29.8 Å². The van der Waals surface area contributed by atoms with E-state index in [2.05, 4.69) is 27.0 Å². The smallest absolute Gasteiger partial charge is 0.310 e. The van der Waals surface area contributed by atoms with Crippen molar-refractivity contribution in [1.82, 2.24) is 14.9 Å². The largest absolute Gasteiger partial charge is 0.416 e. The Morgan fingerprint density at radius 3 is 2.47 bits per heavy atom. The van der Waals surface area contributed by atoms with Gasteiger partial charge in [-0.05, 0) is 23.6 Å².